The van der Waals surface area contributed by atoms with Gasteiger partial charge in [0.15, 0.2) is 0 Å². The highest BCUT2D eigenvalue weighted by Crippen LogP contribution is 2.17. The number of amides is 1. The van der Waals surface area contributed by atoms with Gasteiger partial charge in [-0.05, 0) is 83.5 Å². The van der Waals surface area contributed by atoms with Crippen LogP contribution >= 0.6 is 0 Å². The molecule has 0 bridgehead atoms. The molecule has 6 nitrogen and oxygen atoms in total. The van der Waals surface area contributed by atoms with E-state index in [1.54, 1.807) is 6.08 Å². The lowest BCUT2D eigenvalue weighted by atomic mass is 10.0. The number of rotatable bonds is 61. The molecule has 3 N–H and O–H groups in total. The largest absolute Gasteiger partial charge is 0.466 e. The first kappa shape index (κ1) is 71.8. The highest BCUT2D eigenvalue weighted by Gasteiger charge is 2.18. The first-order valence-electron chi connectivity index (χ1n) is 32.9. The standard InChI is InChI=1S/C68H127NO5/c1-3-5-7-9-11-13-15-16-38-42-46-50-54-58-62-68(73)74-63-59-55-51-47-43-39-36-34-32-30-28-26-24-22-20-18-17-19-21-23-25-27-29-31-33-35-37-41-45-49-53-57-61-67(72)69-65(64-70)66(71)60-56-52-48-44-40-14-12-10-8-6-4-2/h9,11,15-16,20,22,56,60,65-66,70-71H,3-8,10,12-14,17-19,21,23-55,57-59,61-64H2,1-2H3,(H,69,72)/b11-9-,16-15-,22-20-,60-56+. The average Bonchev–Trinajstić information content (AvgIpc) is 3.40. The third-order valence-corrected chi connectivity index (χ3v) is 15.1. The number of hydrogen-bond acceptors (Lipinski definition) is 5. The van der Waals surface area contributed by atoms with Crippen LogP contribution in [-0.4, -0.2) is 47.4 Å². The zero-order valence-electron chi connectivity index (χ0n) is 49.6. The Labute approximate surface area is 461 Å². The number of allylic oxidation sites excluding steroid dienone is 7. The van der Waals surface area contributed by atoms with E-state index in [0.717, 1.165) is 51.4 Å². The summed E-state index contributed by atoms with van der Waals surface area (Å²) in [5.74, 6) is -0.0631. The van der Waals surface area contributed by atoms with Crippen molar-refractivity contribution in [2.24, 2.45) is 0 Å². The lowest BCUT2D eigenvalue weighted by Crippen LogP contribution is -2.45. The lowest BCUT2D eigenvalue weighted by Gasteiger charge is -2.20. The van der Waals surface area contributed by atoms with E-state index >= 15 is 0 Å². The predicted molar refractivity (Wildman–Crippen MR) is 324 cm³/mol. The normalized spacial score (nSPS) is 12.9. The van der Waals surface area contributed by atoms with Gasteiger partial charge in [-0.25, -0.2) is 0 Å². The number of hydrogen-bond donors (Lipinski definition) is 3. The second-order valence-electron chi connectivity index (χ2n) is 22.4. The minimum absolute atomic E-state index is 0.00296. The average molecular weight is 1040 g/mol. The highest BCUT2D eigenvalue weighted by atomic mass is 16.5. The Balaban J connectivity index is 3.36. The molecule has 0 fully saturated rings. The molecule has 0 radical (unpaired) electrons. The Morgan fingerprint density at radius 3 is 1.08 bits per heavy atom. The number of ether oxygens (including phenoxy) is 1. The molecule has 0 aliphatic rings. The number of nitrogens with one attached hydrogen (secondary N) is 1. The predicted octanol–water partition coefficient (Wildman–Crippen LogP) is 20.9. The maximum Gasteiger partial charge on any atom is 0.305 e. The van der Waals surface area contributed by atoms with E-state index in [0.29, 0.717) is 19.4 Å². The van der Waals surface area contributed by atoms with Gasteiger partial charge < -0.3 is 20.3 Å². The van der Waals surface area contributed by atoms with Crippen molar-refractivity contribution in [2.45, 2.75) is 360 Å². The molecule has 0 aliphatic carbocycles. The van der Waals surface area contributed by atoms with Gasteiger partial charge in [0.1, 0.15) is 0 Å². The van der Waals surface area contributed by atoms with Gasteiger partial charge in [0.05, 0.1) is 25.4 Å². The van der Waals surface area contributed by atoms with Crippen LogP contribution in [0.1, 0.15) is 348 Å². The van der Waals surface area contributed by atoms with Gasteiger partial charge in [-0.15, -0.1) is 0 Å². The highest BCUT2D eigenvalue weighted by molar-refractivity contribution is 5.76. The first-order valence-corrected chi connectivity index (χ1v) is 32.9. The van der Waals surface area contributed by atoms with Crippen molar-refractivity contribution in [3.8, 4) is 0 Å². The minimum Gasteiger partial charge on any atom is -0.466 e. The second kappa shape index (κ2) is 63.4. The smallest absolute Gasteiger partial charge is 0.305 e. The van der Waals surface area contributed by atoms with Crippen molar-refractivity contribution in [3.63, 3.8) is 0 Å². The van der Waals surface area contributed by atoms with Crippen molar-refractivity contribution in [1.82, 2.24) is 5.32 Å². The number of aliphatic hydroxyl groups excluding tert-OH is 2. The van der Waals surface area contributed by atoms with Crippen LogP contribution in [0.3, 0.4) is 0 Å². The second-order valence-corrected chi connectivity index (χ2v) is 22.4. The molecule has 1 amide bonds. The van der Waals surface area contributed by atoms with E-state index in [2.05, 4.69) is 55.6 Å². The Hall–Kier alpha value is -2.18. The molecule has 0 aromatic heterocycles. The molecule has 74 heavy (non-hydrogen) atoms. The molecule has 0 rings (SSSR count). The molecule has 0 heterocycles. The minimum atomic E-state index is -0.841. The fourth-order valence-corrected chi connectivity index (χ4v) is 10.00. The zero-order chi connectivity index (χ0) is 53.6. The van der Waals surface area contributed by atoms with Crippen LogP contribution in [0.25, 0.3) is 0 Å². The summed E-state index contributed by atoms with van der Waals surface area (Å²) in [5.41, 5.74) is 0. The number of esters is 1. The summed E-state index contributed by atoms with van der Waals surface area (Å²) in [7, 11) is 0. The molecule has 0 spiro atoms. The molecular formula is C68H127NO5. The number of carbonyl (C=O) groups is 2. The van der Waals surface area contributed by atoms with E-state index in [4.69, 9.17) is 4.74 Å². The van der Waals surface area contributed by atoms with Crippen molar-refractivity contribution in [2.75, 3.05) is 13.2 Å². The third kappa shape index (κ3) is 59.1. The Morgan fingerprint density at radius 2 is 0.689 bits per heavy atom. The van der Waals surface area contributed by atoms with Crippen molar-refractivity contribution in [1.29, 1.82) is 0 Å². The Kier molecular flexibility index (Phi) is 61.5. The molecule has 2 unspecified atom stereocenters. The van der Waals surface area contributed by atoms with E-state index in [1.807, 2.05) is 6.08 Å². The summed E-state index contributed by atoms with van der Waals surface area (Å²) in [4.78, 5) is 24.5. The molecule has 0 aromatic carbocycles. The zero-order valence-corrected chi connectivity index (χ0v) is 49.6. The summed E-state index contributed by atoms with van der Waals surface area (Å²) >= 11 is 0. The number of unbranched alkanes of at least 4 members (excludes halogenated alkanes) is 44. The lowest BCUT2D eigenvalue weighted by molar-refractivity contribution is -0.143. The van der Waals surface area contributed by atoms with Crippen LogP contribution in [0, 0.1) is 0 Å². The fraction of sp³-hybridized carbons (Fsp3) is 0.853. The van der Waals surface area contributed by atoms with Gasteiger partial charge in [-0.2, -0.15) is 0 Å². The third-order valence-electron chi connectivity index (χ3n) is 15.1. The molecule has 0 saturated heterocycles. The first-order chi connectivity index (χ1) is 36.5. The van der Waals surface area contributed by atoms with E-state index in [1.165, 1.54) is 270 Å². The molecule has 0 aromatic rings. The van der Waals surface area contributed by atoms with Crippen molar-refractivity contribution in [3.05, 3.63) is 48.6 Å². The van der Waals surface area contributed by atoms with Gasteiger partial charge in [-0.1, -0.05) is 300 Å². The van der Waals surface area contributed by atoms with Crippen LogP contribution in [-0.2, 0) is 14.3 Å². The van der Waals surface area contributed by atoms with Crippen LogP contribution in [0.2, 0.25) is 0 Å². The maximum absolute atomic E-state index is 12.4. The van der Waals surface area contributed by atoms with Crippen molar-refractivity contribution >= 4 is 11.9 Å². The summed E-state index contributed by atoms with van der Waals surface area (Å²) in [5, 5.41) is 23.0. The van der Waals surface area contributed by atoms with Gasteiger partial charge in [0.2, 0.25) is 5.91 Å². The monoisotopic (exact) mass is 1040 g/mol. The van der Waals surface area contributed by atoms with E-state index < -0.39 is 12.1 Å². The van der Waals surface area contributed by atoms with Gasteiger partial charge in [0, 0.05) is 12.8 Å². The van der Waals surface area contributed by atoms with Crippen LogP contribution in [0.15, 0.2) is 48.6 Å². The maximum atomic E-state index is 12.4. The SMILES string of the molecule is CCCC/C=C\C/C=C\CCCCCCCC(=O)OCCCCCCCCCCCCCC/C=C\CCCCCCCCCCCCCCCCCCC(=O)NC(CO)C(O)/C=C/CCCCCCCCCCC. The summed E-state index contributed by atoms with van der Waals surface area (Å²) < 4.78 is 5.48. The molecule has 2 atom stereocenters. The Morgan fingerprint density at radius 1 is 0.378 bits per heavy atom. The topological polar surface area (TPSA) is 95.9 Å². The number of carbonyl (C=O) groups excluding carboxylic acids is 2. The van der Waals surface area contributed by atoms with Gasteiger partial charge in [0.25, 0.3) is 0 Å². The van der Waals surface area contributed by atoms with Crippen molar-refractivity contribution < 1.29 is 24.5 Å². The molecule has 434 valence electrons. The van der Waals surface area contributed by atoms with E-state index in [-0.39, 0.29) is 18.5 Å². The number of aliphatic hydroxyl groups is 2. The fourth-order valence-electron chi connectivity index (χ4n) is 10.00. The van der Waals surface area contributed by atoms with Gasteiger partial charge >= 0.3 is 5.97 Å². The summed E-state index contributed by atoms with van der Waals surface area (Å²) in [6.07, 6.45) is 81.8. The molecule has 0 aliphatic heterocycles. The summed E-state index contributed by atoms with van der Waals surface area (Å²) in [6.45, 7) is 4.86. The Bertz CT molecular complexity index is 1240. The van der Waals surface area contributed by atoms with Crippen LogP contribution in [0.4, 0.5) is 0 Å². The summed E-state index contributed by atoms with van der Waals surface area (Å²) in [6, 6.07) is -0.625. The quantitative estimate of drug-likeness (QED) is 0.0320. The van der Waals surface area contributed by atoms with Crippen LogP contribution < -0.4 is 5.32 Å². The van der Waals surface area contributed by atoms with E-state index in [9.17, 15) is 19.8 Å². The molecule has 0 saturated carbocycles. The molecular weight excluding hydrogens is 911 g/mol. The van der Waals surface area contributed by atoms with Crippen LogP contribution in [0.5, 0.6) is 0 Å². The van der Waals surface area contributed by atoms with Gasteiger partial charge in [-0.3, -0.25) is 9.59 Å². The molecule has 6 heteroatoms.